The Kier molecular flexibility index (Phi) is 15.3. The molecule has 2 aromatic heterocycles. The molecule has 1 fully saturated rings. The molecule has 0 radical (unpaired) electrons. The van der Waals surface area contributed by atoms with Gasteiger partial charge in [-0.25, -0.2) is 4.98 Å². The summed E-state index contributed by atoms with van der Waals surface area (Å²) in [5.74, 6) is -1.47. The highest BCUT2D eigenvalue weighted by molar-refractivity contribution is 7.13. The summed E-state index contributed by atoms with van der Waals surface area (Å²) in [5, 5.41) is 20.4. The molecule has 274 valence electrons. The molecule has 3 heterocycles. The van der Waals surface area contributed by atoms with Gasteiger partial charge >= 0.3 is 0 Å². The fourth-order valence-electron chi connectivity index (χ4n) is 5.86. The van der Waals surface area contributed by atoms with Crippen LogP contribution < -0.4 is 16.4 Å². The highest BCUT2D eigenvalue weighted by Gasteiger charge is 2.43. The highest BCUT2D eigenvalue weighted by Crippen LogP contribution is 2.32. The number of rotatable bonds is 20. The van der Waals surface area contributed by atoms with Crippen molar-refractivity contribution >= 4 is 29.1 Å². The van der Waals surface area contributed by atoms with Gasteiger partial charge in [0.2, 0.25) is 17.7 Å². The van der Waals surface area contributed by atoms with Crippen molar-refractivity contribution in [3.63, 3.8) is 0 Å². The van der Waals surface area contributed by atoms with Gasteiger partial charge in [-0.2, -0.15) is 0 Å². The number of β-amino-alcohol motifs (C(OH)–C–C–N with tert-alkyl or cyclic N) is 1. The zero-order chi connectivity index (χ0) is 36.0. The second-order valence-corrected chi connectivity index (χ2v) is 13.5. The zero-order valence-corrected chi connectivity index (χ0v) is 30.1. The van der Waals surface area contributed by atoms with Crippen molar-refractivity contribution < 1.29 is 38.2 Å². The molecule has 5 N–H and O–H groups in total. The minimum Gasteiger partial charge on any atom is -0.391 e. The number of carbonyl (C=O) groups is 3. The predicted octanol–water partition coefficient (Wildman–Crippen LogP) is 2.49. The van der Waals surface area contributed by atoms with Gasteiger partial charge in [0.15, 0.2) is 0 Å². The van der Waals surface area contributed by atoms with Crippen molar-refractivity contribution in [3.8, 4) is 10.4 Å². The van der Waals surface area contributed by atoms with E-state index in [2.05, 4.69) is 20.8 Å². The van der Waals surface area contributed by atoms with Crippen LogP contribution in [0.1, 0.15) is 61.4 Å². The van der Waals surface area contributed by atoms with Crippen LogP contribution >= 0.6 is 11.3 Å². The number of aliphatic hydroxyl groups excluding tert-OH is 1. The normalized spacial score (nSPS) is 17.2. The fourth-order valence-corrected chi connectivity index (χ4v) is 6.67. The summed E-state index contributed by atoms with van der Waals surface area (Å²) in [6.45, 7) is 10.7. The summed E-state index contributed by atoms with van der Waals surface area (Å²) in [6, 6.07) is 7.72. The SMILES string of the molecule is Cc1cc([C@H](C(=O)N2C[C@H](O)C[C@H]2C(=O)N[C@@H](CC(=O)NCCOCCOCCOCCN)c2ccc(-c3scnc3C)cc2)C(C)C)on1. The lowest BCUT2D eigenvalue weighted by Gasteiger charge is -2.30. The molecule has 3 amide bonds. The number of aliphatic hydroxyl groups is 1. The first-order chi connectivity index (χ1) is 24.1. The molecule has 50 heavy (non-hydrogen) atoms. The largest absolute Gasteiger partial charge is 0.391 e. The average Bonchev–Trinajstić information content (AvgIpc) is 3.82. The van der Waals surface area contributed by atoms with E-state index in [1.54, 1.807) is 18.5 Å². The maximum atomic E-state index is 13.9. The number of carbonyl (C=O) groups excluding carboxylic acids is 3. The van der Waals surface area contributed by atoms with E-state index in [0.29, 0.717) is 51.0 Å². The van der Waals surface area contributed by atoms with Crippen molar-refractivity contribution in [2.24, 2.45) is 11.7 Å². The number of aryl methyl sites for hydroxylation is 2. The number of ether oxygens (including phenoxy) is 3. The summed E-state index contributed by atoms with van der Waals surface area (Å²) < 4.78 is 21.7. The summed E-state index contributed by atoms with van der Waals surface area (Å²) in [4.78, 5) is 47.8. The summed E-state index contributed by atoms with van der Waals surface area (Å²) in [7, 11) is 0. The summed E-state index contributed by atoms with van der Waals surface area (Å²) >= 11 is 1.54. The third-order valence-electron chi connectivity index (χ3n) is 8.35. The number of hydrogen-bond donors (Lipinski definition) is 4. The van der Waals surface area contributed by atoms with Crippen molar-refractivity contribution in [2.75, 3.05) is 59.3 Å². The Hall–Kier alpha value is -3.73. The lowest BCUT2D eigenvalue weighted by atomic mass is 9.91. The quantitative estimate of drug-likeness (QED) is 0.126. The zero-order valence-electron chi connectivity index (χ0n) is 29.3. The van der Waals surface area contributed by atoms with Crippen LogP contribution in [0.4, 0.5) is 0 Å². The van der Waals surface area contributed by atoms with Crippen LogP contribution in [0.2, 0.25) is 0 Å². The minimum atomic E-state index is -0.935. The number of likely N-dealkylation sites (tertiary alicyclic amines) is 1. The molecular formula is C35H50N6O8S. The van der Waals surface area contributed by atoms with Crippen LogP contribution in [0.15, 0.2) is 40.4 Å². The van der Waals surface area contributed by atoms with Crippen LogP contribution in [0.3, 0.4) is 0 Å². The maximum Gasteiger partial charge on any atom is 0.243 e. The second kappa shape index (κ2) is 19.6. The Bertz CT molecular complexity index is 1510. The average molecular weight is 715 g/mol. The number of nitrogens with two attached hydrogens (primary N) is 1. The molecule has 4 rings (SSSR count). The van der Waals surface area contributed by atoms with Gasteiger partial charge in [0.1, 0.15) is 17.7 Å². The van der Waals surface area contributed by atoms with E-state index in [9.17, 15) is 19.5 Å². The second-order valence-electron chi connectivity index (χ2n) is 12.6. The third kappa shape index (κ3) is 11.1. The molecule has 0 unspecified atom stereocenters. The van der Waals surface area contributed by atoms with Crippen molar-refractivity contribution in [1.29, 1.82) is 0 Å². The predicted molar refractivity (Wildman–Crippen MR) is 187 cm³/mol. The van der Waals surface area contributed by atoms with Gasteiger partial charge < -0.3 is 45.1 Å². The van der Waals surface area contributed by atoms with Crippen molar-refractivity contribution in [3.05, 3.63) is 58.6 Å². The van der Waals surface area contributed by atoms with Crippen molar-refractivity contribution in [1.82, 2.24) is 25.7 Å². The van der Waals surface area contributed by atoms with Crippen LogP contribution in [0.5, 0.6) is 0 Å². The van der Waals surface area contributed by atoms with E-state index in [1.165, 1.54) is 16.2 Å². The van der Waals surface area contributed by atoms with E-state index in [1.807, 2.05) is 45.0 Å². The molecule has 1 aromatic carbocycles. The maximum absolute atomic E-state index is 13.9. The fraction of sp³-hybridized carbons (Fsp3) is 0.571. The molecule has 0 spiro atoms. The molecule has 1 aliphatic rings. The number of aromatic nitrogens is 2. The first-order valence-corrected chi connectivity index (χ1v) is 17.9. The molecular weight excluding hydrogens is 664 g/mol. The lowest BCUT2D eigenvalue weighted by Crippen LogP contribution is -2.49. The Morgan fingerprint density at radius 3 is 2.34 bits per heavy atom. The van der Waals surface area contributed by atoms with E-state index in [0.717, 1.165) is 21.7 Å². The first-order valence-electron chi connectivity index (χ1n) is 17.0. The molecule has 0 aliphatic carbocycles. The smallest absolute Gasteiger partial charge is 0.243 e. The molecule has 0 bridgehead atoms. The van der Waals surface area contributed by atoms with Gasteiger partial charge in [0, 0.05) is 32.1 Å². The van der Waals surface area contributed by atoms with Crippen LogP contribution in [0.25, 0.3) is 10.4 Å². The van der Waals surface area contributed by atoms with Crippen LogP contribution in [0, 0.1) is 19.8 Å². The molecule has 1 saturated heterocycles. The third-order valence-corrected chi connectivity index (χ3v) is 9.33. The molecule has 15 heteroatoms. The number of nitrogens with one attached hydrogen (secondary N) is 2. The topological polar surface area (TPSA) is 191 Å². The Balaban J connectivity index is 1.41. The highest BCUT2D eigenvalue weighted by atomic mass is 32.1. The monoisotopic (exact) mass is 714 g/mol. The standard InChI is InChI=1S/C35H50N6O8S/c1-22(2)32(30-17-23(3)40-49-30)35(45)41-20-27(42)18-29(41)34(44)39-28(25-5-7-26(8-6-25)33-24(4)38-21-50-33)19-31(43)37-10-12-47-14-16-48-15-13-46-11-9-36/h5-8,17,21-22,27-29,32,42H,9-16,18-20,36H2,1-4H3,(H,37,43)(H,39,44)/t27-,28+,29+,32-/m1/s1. The van der Waals surface area contributed by atoms with Gasteiger partial charge in [0.25, 0.3) is 0 Å². The summed E-state index contributed by atoms with van der Waals surface area (Å²) in [6.07, 6.45) is -0.856. The summed E-state index contributed by atoms with van der Waals surface area (Å²) in [5.41, 5.74) is 10.4. The molecule has 14 nitrogen and oxygen atoms in total. The number of thiazole rings is 1. The van der Waals surface area contributed by atoms with Crippen LogP contribution in [-0.2, 0) is 28.6 Å². The van der Waals surface area contributed by atoms with Gasteiger partial charge in [-0.3, -0.25) is 14.4 Å². The first kappa shape index (κ1) is 39.1. The number of amides is 3. The van der Waals surface area contributed by atoms with E-state index in [4.69, 9.17) is 24.5 Å². The minimum absolute atomic E-state index is 0.00835. The molecule has 3 aromatic rings. The number of benzene rings is 1. The van der Waals surface area contributed by atoms with Crippen molar-refractivity contribution in [2.45, 2.75) is 64.6 Å². The Morgan fingerprint density at radius 1 is 1.06 bits per heavy atom. The lowest BCUT2D eigenvalue weighted by molar-refractivity contribution is -0.141. The van der Waals surface area contributed by atoms with Gasteiger partial charge in [-0.05, 0) is 30.9 Å². The van der Waals surface area contributed by atoms with E-state index >= 15 is 0 Å². The Morgan fingerprint density at radius 2 is 1.74 bits per heavy atom. The molecule has 1 aliphatic heterocycles. The number of nitrogens with zero attached hydrogens (tertiary/aromatic N) is 3. The molecule has 4 atom stereocenters. The van der Waals surface area contributed by atoms with Crippen LogP contribution in [-0.4, -0.2) is 109 Å². The van der Waals surface area contributed by atoms with Gasteiger partial charge in [-0.1, -0.05) is 43.3 Å². The van der Waals surface area contributed by atoms with Gasteiger partial charge in [0.05, 0.1) is 80.0 Å². The van der Waals surface area contributed by atoms with E-state index in [-0.39, 0.29) is 50.3 Å². The number of hydrogen-bond acceptors (Lipinski definition) is 12. The van der Waals surface area contributed by atoms with E-state index < -0.39 is 30.0 Å². The van der Waals surface area contributed by atoms with Gasteiger partial charge in [-0.15, -0.1) is 11.3 Å². The Labute approximate surface area is 297 Å². The molecule has 0 saturated carbocycles.